The Morgan fingerprint density at radius 1 is 0.929 bits per heavy atom. The van der Waals surface area contributed by atoms with Crippen LogP contribution < -0.4 is 10.5 Å². The van der Waals surface area contributed by atoms with E-state index in [-0.39, 0.29) is 16.8 Å². The Balaban J connectivity index is 1.76. The van der Waals surface area contributed by atoms with Gasteiger partial charge in [0.1, 0.15) is 0 Å². The first-order chi connectivity index (χ1) is 13.3. The lowest BCUT2D eigenvalue weighted by molar-refractivity contribution is 0.0939. The first-order valence-corrected chi connectivity index (χ1v) is 10.4. The van der Waals surface area contributed by atoms with Gasteiger partial charge >= 0.3 is 0 Å². The standard InChI is InChI=1S/C22H22N2O3S/c1-16(18-11-13-20(14-12-18)28(23,26)27)24-22(25)21-10-6-5-9-19(21)15-17-7-3-2-4-8-17/h2-14,16H,15H2,1H3,(H,24,25)(H2,23,26,27). The monoisotopic (exact) mass is 394 g/mol. The van der Waals surface area contributed by atoms with Crippen molar-refractivity contribution in [2.24, 2.45) is 5.14 Å². The molecule has 1 amide bonds. The van der Waals surface area contributed by atoms with Gasteiger partial charge in [-0.05, 0) is 48.2 Å². The number of carbonyl (C=O) groups excluding carboxylic acids is 1. The molecule has 3 aromatic carbocycles. The Morgan fingerprint density at radius 3 is 2.18 bits per heavy atom. The van der Waals surface area contributed by atoms with Crippen molar-refractivity contribution in [3.8, 4) is 0 Å². The Hall–Kier alpha value is -2.96. The van der Waals surface area contributed by atoms with Crippen molar-refractivity contribution in [2.45, 2.75) is 24.3 Å². The zero-order chi connectivity index (χ0) is 20.1. The van der Waals surface area contributed by atoms with E-state index >= 15 is 0 Å². The molecule has 0 aromatic heterocycles. The molecule has 0 bridgehead atoms. The van der Waals surface area contributed by atoms with Crippen molar-refractivity contribution in [2.75, 3.05) is 0 Å². The number of primary sulfonamides is 1. The van der Waals surface area contributed by atoms with Crippen LogP contribution in [0.25, 0.3) is 0 Å². The maximum Gasteiger partial charge on any atom is 0.252 e. The van der Waals surface area contributed by atoms with Gasteiger partial charge in [0.05, 0.1) is 10.9 Å². The average Bonchev–Trinajstić information content (AvgIpc) is 2.68. The highest BCUT2D eigenvalue weighted by molar-refractivity contribution is 7.89. The number of carbonyl (C=O) groups is 1. The molecule has 0 aliphatic rings. The second-order valence-electron chi connectivity index (χ2n) is 6.63. The van der Waals surface area contributed by atoms with E-state index < -0.39 is 10.0 Å². The van der Waals surface area contributed by atoms with Crippen LogP contribution in [0.1, 0.15) is 40.0 Å². The highest BCUT2D eigenvalue weighted by atomic mass is 32.2. The van der Waals surface area contributed by atoms with Crippen LogP contribution in [0.2, 0.25) is 0 Å². The first kappa shape index (κ1) is 19.8. The van der Waals surface area contributed by atoms with Crippen molar-refractivity contribution >= 4 is 15.9 Å². The Labute approximate surface area is 165 Å². The number of nitrogens with two attached hydrogens (primary N) is 1. The molecule has 0 aliphatic carbocycles. The number of rotatable bonds is 6. The predicted molar refractivity (Wildman–Crippen MR) is 109 cm³/mol. The summed E-state index contributed by atoms with van der Waals surface area (Å²) in [4.78, 5) is 12.9. The van der Waals surface area contributed by atoms with E-state index in [1.807, 2.05) is 61.5 Å². The Kier molecular flexibility index (Phi) is 5.92. The molecule has 6 heteroatoms. The van der Waals surface area contributed by atoms with E-state index in [1.54, 1.807) is 12.1 Å². The fourth-order valence-electron chi connectivity index (χ4n) is 3.02. The Bertz CT molecular complexity index is 1060. The smallest absolute Gasteiger partial charge is 0.252 e. The summed E-state index contributed by atoms with van der Waals surface area (Å²) < 4.78 is 22.7. The molecule has 0 spiro atoms. The lowest BCUT2D eigenvalue weighted by Crippen LogP contribution is -2.27. The van der Waals surface area contributed by atoms with Gasteiger partial charge in [0.2, 0.25) is 10.0 Å². The van der Waals surface area contributed by atoms with E-state index in [4.69, 9.17) is 5.14 Å². The molecule has 5 nitrogen and oxygen atoms in total. The third kappa shape index (κ3) is 4.85. The minimum atomic E-state index is -3.73. The first-order valence-electron chi connectivity index (χ1n) is 8.90. The molecule has 0 heterocycles. The molecule has 144 valence electrons. The van der Waals surface area contributed by atoms with Crippen LogP contribution in [0, 0.1) is 0 Å². The lowest BCUT2D eigenvalue weighted by Gasteiger charge is -2.16. The zero-order valence-corrected chi connectivity index (χ0v) is 16.3. The fraction of sp³-hybridized carbons (Fsp3) is 0.136. The minimum Gasteiger partial charge on any atom is -0.346 e. The normalized spacial score (nSPS) is 12.4. The van der Waals surface area contributed by atoms with Crippen LogP contribution in [-0.4, -0.2) is 14.3 Å². The minimum absolute atomic E-state index is 0.0444. The van der Waals surface area contributed by atoms with Gasteiger partial charge < -0.3 is 5.32 Å². The summed E-state index contributed by atoms with van der Waals surface area (Å²) in [5.41, 5.74) is 3.50. The van der Waals surface area contributed by atoms with Gasteiger partial charge in [-0.25, -0.2) is 13.6 Å². The largest absolute Gasteiger partial charge is 0.346 e. The number of nitrogens with one attached hydrogen (secondary N) is 1. The summed E-state index contributed by atoms with van der Waals surface area (Å²) in [5.74, 6) is -0.172. The molecule has 0 fully saturated rings. The second kappa shape index (κ2) is 8.37. The number of hydrogen-bond acceptors (Lipinski definition) is 3. The van der Waals surface area contributed by atoms with Crippen LogP contribution >= 0.6 is 0 Å². The van der Waals surface area contributed by atoms with Gasteiger partial charge in [-0.3, -0.25) is 4.79 Å². The van der Waals surface area contributed by atoms with Gasteiger partial charge in [0.25, 0.3) is 5.91 Å². The maximum atomic E-state index is 12.8. The molecule has 28 heavy (non-hydrogen) atoms. The second-order valence-corrected chi connectivity index (χ2v) is 8.19. The molecule has 0 saturated heterocycles. The molecule has 1 atom stereocenters. The van der Waals surface area contributed by atoms with Crippen LogP contribution in [0.5, 0.6) is 0 Å². The van der Waals surface area contributed by atoms with Crippen molar-refractivity contribution in [3.63, 3.8) is 0 Å². The van der Waals surface area contributed by atoms with E-state index in [0.717, 1.165) is 16.7 Å². The molecule has 1 unspecified atom stereocenters. The quantitative estimate of drug-likeness (QED) is 0.671. The Morgan fingerprint density at radius 2 is 1.54 bits per heavy atom. The molecule has 3 N–H and O–H groups in total. The van der Waals surface area contributed by atoms with E-state index in [2.05, 4.69) is 5.32 Å². The van der Waals surface area contributed by atoms with Gasteiger partial charge in [0, 0.05) is 5.56 Å². The number of benzene rings is 3. The lowest BCUT2D eigenvalue weighted by atomic mass is 9.99. The highest BCUT2D eigenvalue weighted by Crippen LogP contribution is 2.18. The number of sulfonamides is 1. The van der Waals surface area contributed by atoms with Crippen molar-refractivity contribution in [1.29, 1.82) is 0 Å². The van der Waals surface area contributed by atoms with Crippen LogP contribution in [0.3, 0.4) is 0 Å². The summed E-state index contributed by atoms with van der Waals surface area (Å²) in [6.07, 6.45) is 0.669. The number of hydrogen-bond donors (Lipinski definition) is 2. The molecular weight excluding hydrogens is 372 g/mol. The van der Waals surface area contributed by atoms with E-state index in [9.17, 15) is 13.2 Å². The average molecular weight is 394 g/mol. The summed E-state index contributed by atoms with van der Waals surface area (Å²) >= 11 is 0. The maximum absolute atomic E-state index is 12.8. The van der Waals surface area contributed by atoms with Crippen LogP contribution in [0.15, 0.2) is 83.8 Å². The molecule has 3 aromatic rings. The summed E-state index contributed by atoms with van der Waals surface area (Å²) in [7, 11) is -3.73. The molecule has 3 rings (SSSR count). The van der Waals surface area contributed by atoms with Crippen LogP contribution in [-0.2, 0) is 16.4 Å². The van der Waals surface area contributed by atoms with Gasteiger partial charge in [-0.1, -0.05) is 60.7 Å². The third-order valence-corrected chi connectivity index (χ3v) is 5.48. The third-order valence-electron chi connectivity index (χ3n) is 4.56. The molecule has 0 saturated carbocycles. The summed E-state index contributed by atoms with van der Waals surface area (Å²) in [5, 5.41) is 8.10. The summed E-state index contributed by atoms with van der Waals surface area (Å²) in [6, 6.07) is 23.4. The molecule has 0 radical (unpaired) electrons. The topological polar surface area (TPSA) is 89.3 Å². The number of amides is 1. The molecular formula is C22H22N2O3S. The van der Waals surface area contributed by atoms with E-state index in [0.29, 0.717) is 12.0 Å². The molecule has 0 aliphatic heterocycles. The zero-order valence-electron chi connectivity index (χ0n) is 15.5. The van der Waals surface area contributed by atoms with Gasteiger partial charge in [-0.2, -0.15) is 0 Å². The highest BCUT2D eigenvalue weighted by Gasteiger charge is 2.16. The van der Waals surface area contributed by atoms with Crippen molar-refractivity contribution in [3.05, 3.63) is 101 Å². The van der Waals surface area contributed by atoms with Crippen molar-refractivity contribution in [1.82, 2.24) is 5.32 Å². The van der Waals surface area contributed by atoms with Crippen molar-refractivity contribution < 1.29 is 13.2 Å². The summed E-state index contributed by atoms with van der Waals surface area (Å²) in [6.45, 7) is 1.85. The van der Waals surface area contributed by atoms with Gasteiger partial charge in [0.15, 0.2) is 0 Å². The SMILES string of the molecule is CC(NC(=O)c1ccccc1Cc1ccccc1)c1ccc(S(N)(=O)=O)cc1. The van der Waals surface area contributed by atoms with E-state index in [1.165, 1.54) is 12.1 Å². The van der Waals surface area contributed by atoms with Crippen LogP contribution in [0.4, 0.5) is 0 Å². The predicted octanol–water partition coefficient (Wildman–Crippen LogP) is 3.42. The van der Waals surface area contributed by atoms with Gasteiger partial charge in [-0.15, -0.1) is 0 Å². The fourth-order valence-corrected chi connectivity index (χ4v) is 3.53.